The van der Waals surface area contributed by atoms with E-state index in [1.807, 2.05) is 50.2 Å². The highest BCUT2D eigenvalue weighted by atomic mass is 35.5. The van der Waals surface area contributed by atoms with Crippen molar-refractivity contribution in [1.29, 1.82) is 0 Å². The minimum Gasteiger partial charge on any atom is -0.507 e. The molecule has 1 atom stereocenters. The number of hydrogen-bond donors (Lipinski definition) is 1. The Balaban J connectivity index is 1.56. The molecule has 4 aromatic rings. The van der Waals surface area contributed by atoms with Crippen LogP contribution in [-0.2, 0) is 15.3 Å². The molecular formula is C33H32ClN3O5S2. The molecule has 1 aromatic heterocycles. The Kier molecular flexibility index (Phi) is 10.2. The maximum atomic E-state index is 13.7. The molecule has 1 N–H and O–H groups in total. The van der Waals surface area contributed by atoms with Crippen molar-refractivity contribution in [3.05, 3.63) is 99.6 Å². The van der Waals surface area contributed by atoms with Gasteiger partial charge in [-0.05, 0) is 55.7 Å². The zero-order chi connectivity index (χ0) is 31.2. The Hall–Kier alpha value is -3.86. The first-order chi connectivity index (χ1) is 21.3. The van der Waals surface area contributed by atoms with E-state index in [4.69, 9.17) is 21.1 Å². The lowest BCUT2D eigenvalue weighted by atomic mass is 9.95. The topological polar surface area (TPSA) is 102 Å². The minimum atomic E-state index is -0.970. The fraction of sp³-hybridized carbons (Fsp3) is 0.273. The number of rotatable bonds is 12. The van der Waals surface area contributed by atoms with Crippen molar-refractivity contribution in [1.82, 2.24) is 10.2 Å². The van der Waals surface area contributed by atoms with E-state index in [2.05, 4.69) is 17.1 Å². The van der Waals surface area contributed by atoms with Gasteiger partial charge in [0.2, 0.25) is 5.13 Å². The van der Waals surface area contributed by atoms with Crippen molar-refractivity contribution in [3.8, 4) is 11.5 Å². The summed E-state index contributed by atoms with van der Waals surface area (Å²) in [5.41, 5.74) is 3.01. The summed E-state index contributed by atoms with van der Waals surface area (Å²) in [6.45, 7) is 6.81. The van der Waals surface area contributed by atoms with Crippen LogP contribution in [0.1, 0.15) is 55.0 Å². The van der Waals surface area contributed by atoms with Crippen molar-refractivity contribution >= 4 is 57.3 Å². The molecule has 0 aliphatic carbocycles. The fourth-order valence-corrected chi connectivity index (χ4v) is 6.65. The Labute approximate surface area is 269 Å². The summed E-state index contributed by atoms with van der Waals surface area (Å²) in [4.78, 5) is 28.6. The number of aliphatic hydroxyl groups is 1. The molecule has 3 aromatic carbocycles. The van der Waals surface area contributed by atoms with Gasteiger partial charge in [0.05, 0.1) is 24.8 Å². The van der Waals surface area contributed by atoms with Gasteiger partial charge in [0.1, 0.15) is 5.76 Å². The summed E-state index contributed by atoms with van der Waals surface area (Å²) in [5.74, 6) is -0.192. The first kappa shape index (κ1) is 31.6. The van der Waals surface area contributed by atoms with Gasteiger partial charge in [0.15, 0.2) is 15.8 Å². The zero-order valence-electron chi connectivity index (χ0n) is 24.6. The predicted molar refractivity (Wildman–Crippen MR) is 175 cm³/mol. The van der Waals surface area contributed by atoms with Crippen LogP contribution in [0.5, 0.6) is 11.5 Å². The van der Waals surface area contributed by atoms with E-state index < -0.39 is 17.7 Å². The van der Waals surface area contributed by atoms with Crippen molar-refractivity contribution in [2.24, 2.45) is 0 Å². The highest BCUT2D eigenvalue weighted by Crippen LogP contribution is 2.45. The smallest absolute Gasteiger partial charge is 0.301 e. The molecule has 5 rings (SSSR count). The van der Waals surface area contributed by atoms with Gasteiger partial charge in [-0.15, -0.1) is 10.2 Å². The zero-order valence-corrected chi connectivity index (χ0v) is 27.0. The number of carbonyl (C=O) groups is 2. The van der Waals surface area contributed by atoms with Crippen molar-refractivity contribution < 1.29 is 24.2 Å². The molecule has 1 unspecified atom stereocenters. The lowest BCUT2D eigenvalue weighted by Crippen LogP contribution is -2.29. The van der Waals surface area contributed by atoms with Gasteiger partial charge in [-0.1, -0.05) is 96.1 Å². The SMILES string of the molecule is CCCCOc1ccc(C2C(=C(O)c3ccc(C)cc3)C(=O)C(=O)N2c2nnc(SCc3ccc(Cl)cc3)s2)cc1OCC. The second-order valence-electron chi connectivity index (χ2n) is 10.1. The number of hydrogen-bond acceptors (Lipinski definition) is 9. The summed E-state index contributed by atoms with van der Waals surface area (Å²) in [5, 5.41) is 21.0. The number of aromatic nitrogens is 2. The molecule has 11 heteroatoms. The summed E-state index contributed by atoms with van der Waals surface area (Å²) in [6, 6.07) is 19.0. The number of ether oxygens (including phenoxy) is 2. The van der Waals surface area contributed by atoms with E-state index in [0.29, 0.717) is 51.0 Å². The third-order valence-electron chi connectivity index (χ3n) is 6.99. The van der Waals surface area contributed by atoms with Gasteiger partial charge in [-0.2, -0.15) is 0 Å². The van der Waals surface area contributed by atoms with Gasteiger partial charge in [0, 0.05) is 16.3 Å². The van der Waals surface area contributed by atoms with E-state index in [-0.39, 0.29) is 16.5 Å². The molecule has 2 heterocycles. The molecule has 1 fully saturated rings. The largest absolute Gasteiger partial charge is 0.507 e. The van der Waals surface area contributed by atoms with E-state index >= 15 is 0 Å². The van der Waals surface area contributed by atoms with Gasteiger partial charge < -0.3 is 14.6 Å². The molecule has 1 amide bonds. The van der Waals surface area contributed by atoms with Crippen LogP contribution in [-0.4, -0.2) is 40.2 Å². The summed E-state index contributed by atoms with van der Waals surface area (Å²) in [7, 11) is 0. The van der Waals surface area contributed by atoms with Crippen molar-refractivity contribution in [2.75, 3.05) is 18.1 Å². The van der Waals surface area contributed by atoms with E-state index in [1.54, 1.807) is 30.3 Å². The fourth-order valence-electron chi connectivity index (χ4n) is 4.70. The van der Waals surface area contributed by atoms with E-state index in [0.717, 1.165) is 24.0 Å². The number of aryl methyl sites for hydroxylation is 1. The maximum absolute atomic E-state index is 13.7. The number of halogens is 1. The molecular weight excluding hydrogens is 618 g/mol. The highest BCUT2D eigenvalue weighted by Gasteiger charge is 2.48. The van der Waals surface area contributed by atoms with Crippen LogP contribution in [0.2, 0.25) is 5.02 Å². The number of amides is 1. The van der Waals surface area contributed by atoms with E-state index in [1.165, 1.54) is 28.0 Å². The molecule has 1 saturated heterocycles. The number of ketones is 1. The van der Waals surface area contributed by atoms with Crippen LogP contribution in [0.4, 0.5) is 5.13 Å². The van der Waals surface area contributed by atoms with Crippen molar-refractivity contribution in [3.63, 3.8) is 0 Å². The van der Waals surface area contributed by atoms with Crippen molar-refractivity contribution in [2.45, 2.75) is 49.7 Å². The number of aliphatic hydroxyl groups excluding tert-OH is 1. The molecule has 0 radical (unpaired) electrons. The standard InChI is InChI=1S/C33H32ClN3O5S2/c1-4-6-17-42-25-16-13-23(18-26(25)41-5-2)28-27(29(38)22-11-7-20(3)8-12-22)30(39)31(40)37(28)32-35-36-33(44-32)43-19-21-9-14-24(34)15-10-21/h7-16,18,28,38H,4-6,17,19H2,1-3H3. The molecule has 1 aliphatic heterocycles. The monoisotopic (exact) mass is 649 g/mol. The van der Waals surface area contributed by atoms with Gasteiger partial charge in [-0.3, -0.25) is 14.5 Å². The number of anilines is 1. The van der Waals surface area contributed by atoms with Gasteiger partial charge in [0.25, 0.3) is 5.78 Å². The number of carbonyl (C=O) groups excluding carboxylic acids is 2. The number of Topliss-reactive ketones (excluding diaryl/α,β-unsaturated/α-hetero) is 1. The molecule has 228 valence electrons. The van der Waals surface area contributed by atoms with Gasteiger partial charge >= 0.3 is 5.91 Å². The Bertz CT molecular complexity index is 1670. The van der Waals surface area contributed by atoms with Crippen LogP contribution in [0, 0.1) is 6.92 Å². The lowest BCUT2D eigenvalue weighted by Gasteiger charge is -2.23. The van der Waals surface area contributed by atoms with Crippen LogP contribution >= 0.6 is 34.7 Å². The average Bonchev–Trinajstić information content (AvgIpc) is 3.59. The minimum absolute atomic E-state index is 0.0356. The third-order valence-corrected chi connectivity index (χ3v) is 9.36. The quantitative estimate of drug-likeness (QED) is 0.0411. The Morgan fingerprint density at radius 3 is 2.45 bits per heavy atom. The predicted octanol–water partition coefficient (Wildman–Crippen LogP) is 8.00. The molecule has 44 heavy (non-hydrogen) atoms. The van der Waals surface area contributed by atoms with Crippen LogP contribution < -0.4 is 14.4 Å². The number of nitrogens with zero attached hydrogens (tertiary/aromatic N) is 3. The Morgan fingerprint density at radius 1 is 1.00 bits per heavy atom. The lowest BCUT2D eigenvalue weighted by molar-refractivity contribution is -0.132. The molecule has 0 saturated carbocycles. The summed E-state index contributed by atoms with van der Waals surface area (Å²) >= 11 is 8.68. The first-order valence-electron chi connectivity index (χ1n) is 14.3. The average molecular weight is 650 g/mol. The third kappa shape index (κ3) is 6.93. The molecule has 0 spiro atoms. The molecule has 0 bridgehead atoms. The molecule has 8 nitrogen and oxygen atoms in total. The normalized spacial score (nSPS) is 16.0. The number of thioether (sulfide) groups is 1. The Morgan fingerprint density at radius 2 is 1.75 bits per heavy atom. The highest BCUT2D eigenvalue weighted by molar-refractivity contribution is 8.00. The van der Waals surface area contributed by atoms with Crippen LogP contribution in [0.25, 0.3) is 5.76 Å². The van der Waals surface area contributed by atoms with Crippen LogP contribution in [0.15, 0.2) is 76.6 Å². The van der Waals surface area contributed by atoms with Gasteiger partial charge in [-0.25, -0.2) is 0 Å². The maximum Gasteiger partial charge on any atom is 0.301 e. The summed E-state index contributed by atoms with van der Waals surface area (Å²) in [6.07, 6.45) is 1.87. The first-order valence-corrected chi connectivity index (χ1v) is 16.5. The second-order valence-corrected chi connectivity index (χ2v) is 12.8. The second kappa shape index (κ2) is 14.3. The van der Waals surface area contributed by atoms with E-state index in [9.17, 15) is 14.7 Å². The molecule has 1 aliphatic rings. The number of benzene rings is 3. The van der Waals surface area contributed by atoms with Crippen LogP contribution in [0.3, 0.4) is 0 Å². The summed E-state index contributed by atoms with van der Waals surface area (Å²) < 4.78 is 12.5. The number of unbranched alkanes of at least 4 members (excludes halogenated alkanes) is 1.